The number of rotatable bonds is 13. The van der Waals surface area contributed by atoms with Crippen LogP contribution in [0.4, 0.5) is 11.4 Å². The summed E-state index contributed by atoms with van der Waals surface area (Å²) >= 11 is 0. The van der Waals surface area contributed by atoms with Gasteiger partial charge in [-0.25, -0.2) is 0 Å². The van der Waals surface area contributed by atoms with Crippen LogP contribution in [-0.4, -0.2) is 16.8 Å². The van der Waals surface area contributed by atoms with E-state index in [2.05, 4.69) is 24.0 Å². The number of aromatic hydroxyl groups is 2. The maximum atomic E-state index is 9.85. The molecule has 0 spiro atoms. The quantitative estimate of drug-likeness (QED) is 0.368. The molecule has 27 heavy (non-hydrogen) atoms. The van der Waals surface area contributed by atoms with Gasteiger partial charge in [-0.05, 0) is 18.6 Å². The van der Waals surface area contributed by atoms with Crippen molar-refractivity contribution in [3.8, 4) is 11.5 Å². The predicted octanol–water partition coefficient (Wildman–Crippen LogP) is 7.16. The molecule has 0 saturated heterocycles. The lowest BCUT2D eigenvalue weighted by Crippen LogP contribution is -2.18. The van der Waals surface area contributed by atoms with Gasteiger partial charge in [-0.15, -0.1) is 0 Å². The normalized spacial score (nSPS) is 10.9. The molecule has 148 valence electrons. The molecule has 0 saturated carbocycles. The monoisotopic (exact) mass is 369 g/mol. The van der Waals surface area contributed by atoms with Crippen molar-refractivity contribution < 1.29 is 10.2 Å². The van der Waals surface area contributed by atoms with Crippen molar-refractivity contribution in [1.29, 1.82) is 0 Å². The van der Waals surface area contributed by atoms with Gasteiger partial charge in [0.15, 0.2) is 0 Å². The zero-order valence-corrected chi connectivity index (χ0v) is 16.7. The molecule has 0 radical (unpaired) electrons. The van der Waals surface area contributed by atoms with Gasteiger partial charge in [-0.1, -0.05) is 82.9 Å². The number of benzene rings is 2. The van der Waals surface area contributed by atoms with E-state index in [1.165, 1.54) is 63.9 Å². The highest BCUT2D eigenvalue weighted by Gasteiger charge is 2.11. The highest BCUT2D eigenvalue weighted by molar-refractivity contribution is 5.66. The molecule has 3 heteroatoms. The highest BCUT2D eigenvalue weighted by Crippen LogP contribution is 2.32. The standard InChI is InChI=1S/C24H35NO2/c1-2-3-4-5-6-7-8-9-10-14-17-25(21-15-12-11-13-16-21)22-18-23(26)20-24(27)19-22/h11-13,15-16,18-20,26-27H,2-10,14,17H2,1H3. The number of hydrogen-bond acceptors (Lipinski definition) is 3. The van der Waals surface area contributed by atoms with Gasteiger partial charge < -0.3 is 15.1 Å². The summed E-state index contributed by atoms with van der Waals surface area (Å²) in [6.07, 6.45) is 13.1. The van der Waals surface area contributed by atoms with Gasteiger partial charge in [0.1, 0.15) is 11.5 Å². The summed E-state index contributed by atoms with van der Waals surface area (Å²) in [6, 6.07) is 15.0. The molecule has 0 aromatic heterocycles. The minimum atomic E-state index is 0.0917. The Bertz CT molecular complexity index is 622. The molecule has 0 amide bonds. The Kier molecular flexibility index (Phi) is 9.61. The largest absolute Gasteiger partial charge is 0.508 e. The van der Waals surface area contributed by atoms with Crippen LogP contribution >= 0.6 is 0 Å². The number of phenolic OH excluding ortho intramolecular Hbond substituents is 2. The molecular formula is C24H35NO2. The van der Waals surface area contributed by atoms with Gasteiger partial charge >= 0.3 is 0 Å². The maximum Gasteiger partial charge on any atom is 0.121 e. The van der Waals surface area contributed by atoms with E-state index in [1.54, 1.807) is 12.1 Å². The van der Waals surface area contributed by atoms with E-state index in [0.29, 0.717) is 0 Å². The molecule has 0 atom stereocenters. The third-order valence-corrected chi connectivity index (χ3v) is 5.00. The Morgan fingerprint density at radius 3 is 1.70 bits per heavy atom. The minimum absolute atomic E-state index is 0.0917. The van der Waals surface area contributed by atoms with Crippen LogP contribution in [0, 0.1) is 0 Å². The lowest BCUT2D eigenvalue weighted by Gasteiger charge is -2.25. The molecule has 0 unspecified atom stereocenters. The van der Waals surface area contributed by atoms with Crippen LogP contribution in [0.5, 0.6) is 11.5 Å². The second-order valence-corrected chi connectivity index (χ2v) is 7.38. The van der Waals surface area contributed by atoms with E-state index in [0.717, 1.165) is 24.3 Å². The first-order valence-corrected chi connectivity index (χ1v) is 10.6. The van der Waals surface area contributed by atoms with Crippen molar-refractivity contribution in [3.05, 3.63) is 48.5 Å². The lowest BCUT2D eigenvalue weighted by atomic mass is 10.1. The summed E-state index contributed by atoms with van der Waals surface area (Å²) in [4.78, 5) is 2.17. The number of hydrogen-bond donors (Lipinski definition) is 2. The van der Waals surface area contributed by atoms with Crippen LogP contribution in [-0.2, 0) is 0 Å². The third-order valence-electron chi connectivity index (χ3n) is 5.00. The van der Waals surface area contributed by atoms with Crippen molar-refractivity contribution in [1.82, 2.24) is 0 Å². The average molecular weight is 370 g/mol. The molecule has 2 aromatic carbocycles. The summed E-state index contributed by atoms with van der Waals surface area (Å²) in [6.45, 7) is 3.14. The smallest absolute Gasteiger partial charge is 0.121 e. The van der Waals surface area contributed by atoms with Crippen LogP contribution in [0.2, 0.25) is 0 Å². The first-order chi connectivity index (χ1) is 13.2. The second kappa shape index (κ2) is 12.3. The van der Waals surface area contributed by atoms with E-state index in [1.807, 2.05) is 18.2 Å². The van der Waals surface area contributed by atoms with Gasteiger partial charge in [0, 0.05) is 36.1 Å². The van der Waals surface area contributed by atoms with E-state index in [-0.39, 0.29) is 11.5 Å². The summed E-state index contributed by atoms with van der Waals surface area (Å²) in [7, 11) is 0. The number of anilines is 2. The predicted molar refractivity (Wildman–Crippen MR) is 115 cm³/mol. The van der Waals surface area contributed by atoms with Gasteiger partial charge in [0.05, 0.1) is 0 Å². The molecule has 2 rings (SSSR count). The molecule has 2 aromatic rings. The summed E-state index contributed by atoms with van der Waals surface area (Å²) in [5.74, 6) is 0.183. The Morgan fingerprint density at radius 1 is 0.630 bits per heavy atom. The summed E-state index contributed by atoms with van der Waals surface area (Å²) < 4.78 is 0. The third kappa shape index (κ3) is 7.94. The fraction of sp³-hybridized carbons (Fsp3) is 0.500. The lowest BCUT2D eigenvalue weighted by molar-refractivity contribution is 0.450. The van der Waals surface area contributed by atoms with Gasteiger partial charge in [0.2, 0.25) is 0 Å². The Hall–Kier alpha value is -2.16. The van der Waals surface area contributed by atoms with E-state index < -0.39 is 0 Å². The zero-order valence-electron chi connectivity index (χ0n) is 16.7. The molecular weight excluding hydrogens is 334 g/mol. The number of phenols is 2. The maximum absolute atomic E-state index is 9.85. The minimum Gasteiger partial charge on any atom is -0.508 e. The molecule has 0 bridgehead atoms. The molecule has 2 N–H and O–H groups in total. The van der Waals surface area contributed by atoms with E-state index in [9.17, 15) is 10.2 Å². The van der Waals surface area contributed by atoms with Crippen molar-refractivity contribution in [2.24, 2.45) is 0 Å². The Labute approximate surface area is 164 Å². The zero-order chi connectivity index (χ0) is 19.3. The number of unbranched alkanes of at least 4 members (excludes halogenated alkanes) is 9. The number of para-hydroxylation sites is 1. The summed E-state index contributed by atoms with van der Waals surface area (Å²) in [5, 5.41) is 19.7. The topological polar surface area (TPSA) is 43.7 Å². The average Bonchev–Trinajstić information content (AvgIpc) is 2.66. The molecule has 3 nitrogen and oxygen atoms in total. The van der Waals surface area contributed by atoms with Crippen LogP contribution in [0.25, 0.3) is 0 Å². The first kappa shape index (κ1) is 21.1. The van der Waals surface area contributed by atoms with Crippen molar-refractivity contribution in [3.63, 3.8) is 0 Å². The Balaban J connectivity index is 1.80. The molecule has 0 aliphatic carbocycles. The van der Waals surface area contributed by atoms with Crippen LogP contribution in [0.15, 0.2) is 48.5 Å². The van der Waals surface area contributed by atoms with Gasteiger partial charge in [-0.3, -0.25) is 0 Å². The van der Waals surface area contributed by atoms with Crippen LogP contribution in [0.1, 0.15) is 71.1 Å². The molecule has 0 aliphatic rings. The fourth-order valence-electron chi connectivity index (χ4n) is 3.51. The van der Waals surface area contributed by atoms with Gasteiger partial charge in [-0.2, -0.15) is 0 Å². The van der Waals surface area contributed by atoms with Gasteiger partial charge in [0.25, 0.3) is 0 Å². The van der Waals surface area contributed by atoms with Crippen LogP contribution in [0.3, 0.4) is 0 Å². The molecule has 0 fully saturated rings. The fourth-order valence-corrected chi connectivity index (χ4v) is 3.51. The SMILES string of the molecule is CCCCCCCCCCCCN(c1ccccc1)c1cc(O)cc(O)c1. The van der Waals surface area contributed by atoms with Crippen molar-refractivity contribution in [2.75, 3.05) is 11.4 Å². The molecule has 0 heterocycles. The van der Waals surface area contributed by atoms with E-state index >= 15 is 0 Å². The van der Waals surface area contributed by atoms with Crippen molar-refractivity contribution >= 4 is 11.4 Å². The van der Waals surface area contributed by atoms with E-state index in [4.69, 9.17) is 0 Å². The number of nitrogens with zero attached hydrogens (tertiary/aromatic N) is 1. The van der Waals surface area contributed by atoms with Crippen molar-refractivity contribution in [2.45, 2.75) is 71.1 Å². The summed E-state index contributed by atoms with van der Waals surface area (Å²) in [5.41, 5.74) is 1.91. The molecule has 0 aliphatic heterocycles. The second-order valence-electron chi connectivity index (χ2n) is 7.38. The highest BCUT2D eigenvalue weighted by atomic mass is 16.3. The first-order valence-electron chi connectivity index (χ1n) is 10.6. The van der Waals surface area contributed by atoms with Crippen LogP contribution < -0.4 is 4.90 Å². The Morgan fingerprint density at radius 2 is 1.15 bits per heavy atom.